The Hall–Kier alpha value is -2.43. The van der Waals surface area contributed by atoms with Crippen molar-refractivity contribution in [3.8, 4) is 5.75 Å². The van der Waals surface area contributed by atoms with E-state index in [1.807, 2.05) is 66.5 Å². The van der Waals surface area contributed by atoms with Crippen molar-refractivity contribution in [2.24, 2.45) is 5.10 Å². The maximum atomic E-state index is 6.46. The molecule has 27 heavy (non-hydrogen) atoms. The van der Waals surface area contributed by atoms with Crippen molar-refractivity contribution in [2.45, 2.75) is 25.6 Å². The lowest BCUT2D eigenvalue weighted by Gasteiger charge is -2.38. The highest BCUT2D eigenvalue weighted by Crippen LogP contribution is 2.49. The Kier molecular flexibility index (Phi) is 3.92. The van der Waals surface area contributed by atoms with Crippen LogP contribution in [0.2, 0.25) is 10.0 Å². The molecule has 136 valence electrons. The number of hydrazone groups is 1. The van der Waals surface area contributed by atoms with Crippen molar-refractivity contribution in [3.05, 3.63) is 87.3 Å². The van der Waals surface area contributed by atoms with Crippen LogP contribution in [0.4, 0.5) is 0 Å². The summed E-state index contributed by atoms with van der Waals surface area (Å²) < 4.78 is 12.1. The van der Waals surface area contributed by atoms with Crippen LogP contribution in [-0.2, 0) is 0 Å². The summed E-state index contributed by atoms with van der Waals surface area (Å²) in [6.45, 7) is 1.93. The Morgan fingerprint density at radius 3 is 2.67 bits per heavy atom. The summed E-state index contributed by atoms with van der Waals surface area (Å²) in [5.41, 5.74) is 2.79. The van der Waals surface area contributed by atoms with Crippen LogP contribution in [-0.4, -0.2) is 10.7 Å². The van der Waals surface area contributed by atoms with Crippen molar-refractivity contribution in [1.29, 1.82) is 0 Å². The summed E-state index contributed by atoms with van der Waals surface area (Å²) in [6.07, 6.45) is 0.302. The predicted molar refractivity (Wildman–Crippen MR) is 105 cm³/mol. The number of halogens is 2. The van der Waals surface area contributed by atoms with Gasteiger partial charge >= 0.3 is 0 Å². The van der Waals surface area contributed by atoms with Gasteiger partial charge in [0.1, 0.15) is 23.0 Å². The van der Waals surface area contributed by atoms with Gasteiger partial charge in [0.2, 0.25) is 6.23 Å². The molecule has 0 bridgehead atoms. The molecule has 2 aliphatic rings. The number of benzene rings is 2. The topological polar surface area (TPSA) is 38.0 Å². The van der Waals surface area contributed by atoms with Crippen LogP contribution in [0.3, 0.4) is 0 Å². The maximum Gasteiger partial charge on any atom is 0.215 e. The fourth-order valence-corrected chi connectivity index (χ4v) is 4.09. The molecule has 0 radical (unpaired) electrons. The first kappa shape index (κ1) is 16.7. The van der Waals surface area contributed by atoms with E-state index >= 15 is 0 Å². The smallest absolute Gasteiger partial charge is 0.215 e. The fraction of sp³-hybridized carbons (Fsp3) is 0.190. The molecule has 6 heteroatoms. The van der Waals surface area contributed by atoms with Crippen LogP contribution in [0, 0.1) is 6.92 Å². The number of hydrogen-bond acceptors (Lipinski definition) is 4. The van der Waals surface area contributed by atoms with Crippen LogP contribution in [0.25, 0.3) is 0 Å². The van der Waals surface area contributed by atoms with Gasteiger partial charge in [-0.05, 0) is 43.3 Å². The highest BCUT2D eigenvalue weighted by molar-refractivity contribution is 6.31. The minimum absolute atomic E-state index is 0.00845. The maximum absolute atomic E-state index is 6.46. The van der Waals surface area contributed by atoms with Gasteiger partial charge in [-0.2, -0.15) is 5.10 Å². The largest absolute Gasteiger partial charge is 0.464 e. The molecule has 4 nitrogen and oxygen atoms in total. The van der Waals surface area contributed by atoms with Gasteiger partial charge < -0.3 is 9.15 Å². The monoisotopic (exact) mass is 398 g/mol. The van der Waals surface area contributed by atoms with Gasteiger partial charge in [0, 0.05) is 27.6 Å². The number of rotatable bonds is 2. The van der Waals surface area contributed by atoms with E-state index in [0.717, 1.165) is 34.1 Å². The van der Waals surface area contributed by atoms with E-state index in [9.17, 15) is 0 Å². The van der Waals surface area contributed by atoms with Gasteiger partial charge in [-0.3, -0.25) is 0 Å². The van der Waals surface area contributed by atoms with Crippen molar-refractivity contribution in [3.63, 3.8) is 0 Å². The molecular weight excluding hydrogens is 383 g/mol. The molecular formula is C21H16Cl2N2O2. The molecule has 2 unspecified atom stereocenters. The highest BCUT2D eigenvalue weighted by Gasteiger charge is 2.42. The Balaban J connectivity index is 1.63. The summed E-state index contributed by atoms with van der Waals surface area (Å²) in [7, 11) is 0. The van der Waals surface area contributed by atoms with E-state index in [1.54, 1.807) is 0 Å². The number of aryl methyl sites for hydroxylation is 1. The van der Waals surface area contributed by atoms with Gasteiger partial charge in [0.25, 0.3) is 0 Å². The van der Waals surface area contributed by atoms with Gasteiger partial charge in [-0.1, -0.05) is 41.4 Å². The molecule has 0 spiro atoms. The first-order valence-corrected chi connectivity index (χ1v) is 9.49. The second kappa shape index (κ2) is 6.32. The van der Waals surface area contributed by atoms with Crippen LogP contribution < -0.4 is 4.74 Å². The number of fused-ring (bicyclic) bond motifs is 3. The summed E-state index contributed by atoms with van der Waals surface area (Å²) in [6, 6.07) is 17.3. The SMILES string of the molecule is Cc1ccc(C2=NN3C(C2)c2cc(Cl)ccc2OC3c2ccccc2Cl)o1. The third kappa shape index (κ3) is 2.80. The Bertz CT molecular complexity index is 1060. The Morgan fingerprint density at radius 1 is 1.04 bits per heavy atom. The molecule has 0 saturated heterocycles. The second-order valence-corrected chi connectivity index (χ2v) is 7.57. The van der Waals surface area contributed by atoms with E-state index < -0.39 is 6.23 Å². The Labute approximate surface area is 166 Å². The van der Waals surface area contributed by atoms with Gasteiger partial charge in [-0.15, -0.1) is 0 Å². The van der Waals surface area contributed by atoms with Crippen molar-refractivity contribution < 1.29 is 9.15 Å². The summed E-state index contributed by atoms with van der Waals surface area (Å²) in [5.74, 6) is 2.45. The van der Waals surface area contributed by atoms with E-state index in [0.29, 0.717) is 16.5 Å². The molecule has 0 aliphatic carbocycles. The number of ether oxygens (including phenoxy) is 1. The molecule has 0 N–H and O–H groups in total. The molecule has 5 rings (SSSR count). The second-order valence-electron chi connectivity index (χ2n) is 6.73. The molecule has 0 saturated carbocycles. The summed E-state index contributed by atoms with van der Waals surface area (Å²) in [4.78, 5) is 0. The number of furan rings is 1. The summed E-state index contributed by atoms with van der Waals surface area (Å²) >= 11 is 12.7. The van der Waals surface area contributed by atoms with E-state index in [2.05, 4.69) is 0 Å². The average Bonchev–Trinajstić information content (AvgIpc) is 3.28. The number of nitrogens with zero attached hydrogens (tertiary/aromatic N) is 2. The van der Waals surface area contributed by atoms with Gasteiger partial charge in [0.15, 0.2) is 0 Å². The molecule has 1 aromatic heterocycles. The van der Waals surface area contributed by atoms with Crippen molar-refractivity contribution in [2.75, 3.05) is 0 Å². The molecule has 2 atom stereocenters. The lowest BCUT2D eigenvalue weighted by Crippen LogP contribution is -2.33. The zero-order valence-electron chi connectivity index (χ0n) is 14.5. The lowest BCUT2D eigenvalue weighted by molar-refractivity contribution is -0.0189. The molecule has 2 aromatic carbocycles. The average molecular weight is 399 g/mol. The van der Waals surface area contributed by atoms with Crippen molar-refractivity contribution in [1.82, 2.24) is 5.01 Å². The zero-order valence-corrected chi connectivity index (χ0v) is 16.0. The van der Waals surface area contributed by atoms with Crippen LogP contribution >= 0.6 is 23.2 Å². The van der Waals surface area contributed by atoms with Gasteiger partial charge in [-0.25, -0.2) is 5.01 Å². The first-order chi connectivity index (χ1) is 13.1. The Morgan fingerprint density at radius 2 is 1.89 bits per heavy atom. The van der Waals surface area contributed by atoms with Crippen LogP contribution in [0.15, 0.2) is 64.1 Å². The van der Waals surface area contributed by atoms with Crippen LogP contribution in [0.5, 0.6) is 5.75 Å². The van der Waals surface area contributed by atoms with Crippen molar-refractivity contribution >= 4 is 28.9 Å². The molecule has 0 fully saturated rings. The minimum atomic E-state index is -0.411. The lowest BCUT2D eigenvalue weighted by atomic mass is 9.97. The molecule has 3 heterocycles. The first-order valence-electron chi connectivity index (χ1n) is 8.73. The summed E-state index contributed by atoms with van der Waals surface area (Å²) in [5, 5.41) is 8.14. The van der Waals surface area contributed by atoms with E-state index in [-0.39, 0.29) is 6.04 Å². The number of hydrogen-bond donors (Lipinski definition) is 0. The molecule has 0 amide bonds. The third-order valence-electron chi connectivity index (χ3n) is 4.95. The zero-order chi connectivity index (χ0) is 18.5. The van der Waals surface area contributed by atoms with Crippen LogP contribution in [0.1, 0.15) is 41.3 Å². The van der Waals surface area contributed by atoms with E-state index in [1.165, 1.54) is 0 Å². The molecule has 3 aromatic rings. The predicted octanol–water partition coefficient (Wildman–Crippen LogP) is 6.14. The third-order valence-corrected chi connectivity index (χ3v) is 5.53. The standard InChI is InChI=1S/C21H16Cl2N2O2/c1-12-6-8-20(26-12)17-11-18-15-10-13(22)7-9-19(15)27-21(25(18)24-17)14-4-2-3-5-16(14)23/h2-10,18,21H,11H2,1H3. The quantitative estimate of drug-likeness (QED) is 0.520. The molecule has 2 aliphatic heterocycles. The normalized spacial score (nSPS) is 20.7. The highest BCUT2D eigenvalue weighted by atomic mass is 35.5. The van der Waals surface area contributed by atoms with Gasteiger partial charge in [0.05, 0.1) is 6.04 Å². The fourth-order valence-electron chi connectivity index (χ4n) is 3.68. The minimum Gasteiger partial charge on any atom is -0.464 e. The van der Waals surface area contributed by atoms with E-state index in [4.69, 9.17) is 37.5 Å².